The van der Waals surface area contributed by atoms with Crippen LogP contribution >= 0.6 is 0 Å². The van der Waals surface area contributed by atoms with E-state index in [-0.39, 0.29) is 12.1 Å². The van der Waals surface area contributed by atoms with Gasteiger partial charge in [0.2, 0.25) is 0 Å². The number of para-hydroxylation sites is 2. The summed E-state index contributed by atoms with van der Waals surface area (Å²) in [6.45, 7) is 5.31. The zero-order chi connectivity index (χ0) is 17.8. The second-order valence-electron chi connectivity index (χ2n) is 5.98. The lowest BCUT2D eigenvalue weighted by molar-refractivity contribution is 0.200. The number of urea groups is 1. The average Bonchev–Trinajstić information content (AvgIpc) is 2.98. The largest absolute Gasteiger partial charge is 0.329 e. The van der Waals surface area contributed by atoms with E-state index in [0.29, 0.717) is 13.1 Å². The lowest BCUT2D eigenvalue weighted by Gasteiger charge is -2.24. The summed E-state index contributed by atoms with van der Waals surface area (Å²) in [5.41, 5.74) is 3.00. The van der Waals surface area contributed by atoms with Gasteiger partial charge in [-0.05, 0) is 31.5 Å². The van der Waals surface area contributed by atoms with Crippen LogP contribution in [0.3, 0.4) is 0 Å². The molecule has 2 amide bonds. The third-order valence-electron chi connectivity index (χ3n) is 4.53. The smallest absolute Gasteiger partial charge is 0.318 e. The summed E-state index contributed by atoms with van der Waals surface area (Å²) in [4.78, 5) is 19.2. The average molecular weight is 336 g/mol. The first kappa shape index (κ1) is 17.0. The number of nitrogens with zero attached hydrogens (tertiary/aromatic N) is 3. The number of benzene rings is 2. The van der Waals surface area contributed by atoms with Crippen LogP contribution in [0.25, 0.3) is 11.0 Å². The summed E-state index contributed by atoms with van der Waals surface area (Å²) in [6.07, 6.45) is 0. The molecule has 5 heteroatoms. The molecule has 25 heavy (non-hydrogen) atoms. The van der Waals surface area contributed by atoms with Crippen molar-refractivity contribution in [2.75, 3.05) is 13.1 Å². The standard InChI is InChI=1S/C20H24N4O/c1-4-24(5-2)20(25)22-18(15-11-7-6-8-12-15)19-21-16-13-9-10-14-17(16)23(19)3/h6-14,18H,4-5H2,1-3H3,(H,22,25)/t18-/m1/s1. The Balaban J connectivity index is 2.04. The van der Waals surface area contributed by atoms with Crippen molar-refractivity contribution in [2.45, 2.75) is 19.9 Å². The number of nitrogens with one attached hydrogen (secondary N) is 1. The second-order valence-corrected chi connectivity index (χ2v) is 5.98. The van der Waals surface area contributed by atoms with Gasteiger partial charge in [-0.3, -0.25) is 0 Å². The van der Waals surface area contributed by atoms with Gasteiger partial charge in [0.1, 0.15) is 11.9 Å². The molecule has 0 saturated heterocycles. The Morgan fingerprint density at radius 2 is 1.72 bits per heavy atom. The Labute approximate surface area is 148 Å². The summed E-state index contributed by atoms with van der Waals surface area (Å²) >= 11 is 0. The zero-order valence-corrected chi connectivity index (χ0v) is 14.9. The quantitative estimate of drug-likeness (QED) is 0.772. The van der Waals surface area contributed by atoms with Gasteiger partial charge < -0.3 is 14.8 Å². The van der Waals surface area contributed by atoms with E-state index in [9.17, 15) is 4.79 Å². The van der Waals surface area contributed by atoms with Crippen molar-refractivity contribution in [3.63, 3.8) is 0 Å². The number of hydrogen-bond donors (Lipinski definition) is 1. The number of imidazole rings is 1. The molecule has 2 aromatic carbocycles. The number of aryl methyl sites for hydroxylation is 1. The minimum absolute atomic E-state index is 0.0779. The van der Waals surface area contributed by atoms with E-state index in [1.165, 1.54) is 0 Å². The predicted molar refractivity (Wildman–Crippen MR) is 100 cm³/mol. The van der Waals surface area contributed by atoms with Crippen LogP contribution in [-0.4, -0.2) is 33.6 Å². The predicted octanol–water partition coefficient (Wildman–Crippen LogP) is 3.71. The zero-order valence-electron chi connectivity index (χ0n) is 14.9. The molecule has 3 rings (SSSR count). The van der Waals surface area contributed by atoms with E-state index < -0.39 is 0 Å². The normalized spacial score (nSPS) is 12.1. The highest BCUT2D eigenvalue weighted by Crippen LogP contribution is 2.25. The van der Waals surface area contributed by atoms with E-state index in [1.807, 2.05) is 75.5 Å². The maximum absolute atomic E-state index is 12.7. The van der Waals surface area contributed by atoms with E-state index in [1.54, 1.807) is 4.90 Å². The van der Waals surface area contributed by atoms with E-state index in [4.69, 9.17) is 4.98 Å². The number of carbonyl (C=O) groups excluding carboxylic acids is 1. The van der Waals surface area contributed by atoms with Crippen LogP contribution in [0, 0.1) is 0 Å². The lowest BCUT2D eigenvalue weighted by Crippen LogP contribution is -2.42. The summed E-state index contributed by atoms with van der Waals surface area (Å²) in [6, 6.07) is 17.6. The SMILES string of the molecule is CCN(CC)C(=O)N[C@H](c1ccccc1)c1nc2ccccc2n1C. The molecule has 0 fully saturated rings. The van der Waals surface area contributed by atoms with Crippen molar-refractivity contribution >= 4 is 17.1 Å². The number of hydrogen-bond acceptors (Lipinski definition) is 2. The molecule has 3 aromatic rings. The van der Waals surface area contributed by atoms with Gasteiger partial charge in [-0.15, -0.1) is 0 Å². The van der Waals surface area contributed by atoms with Gasteiger partial charge in [0.05, 0.1) is 11.0 Å². The first-order chi connectivity index (χ1) is 12.2. The number of carbonyl (C=O) groups is 1. The van der Waals surface area contributed by atoms with Gasteiger partial charge in [-0.2, -0.15) is 0 Å². The van der Waals surface area contributed by atoms with Crippen molar-refractivity contribution in [3.05, 3.63) is 66.0 Å². The van der Waals surface area contributed by atoms with Gasteiger partial charge in [-0.25, -0.2) is 9.78 Å². The van der Waals surface area contributed by atoms with Crippen molar-refractivity contribution < 1.29 is 4.79 Å². The molecule has 0 aliphatic rings. The van der Waals surface area contributed by atoms with Crippen LogP contribution in [0.15, 0.2) is 54.6 Å². The molecule has 1 N–H and O–H groups in total. The topological polar surface area (TPSA) is 50.2 Å². The van der Waals surface area contributed by atoms with E-state index in [2.05, 4.69) is 9.88 Å². The number of rotatable bonds is 5. The highest BCUT2D eigenvalue weighted by atomic mass is 16.2. The highest BCUT2D eigenvalue weighted by molar-refractivity contribution is 5.77. The minimum Gasteiger partial charge on any atom is -0.329 e. The molecule has 130 valence electrons. The minimum atomic E-state index is -0.299. The molecular weight excluding hydrogens is 312 g/mol. The summed E-state index contributed by atoms with van der Waals surface area (Å²) < 4.78 is 2.05. The van der Waals surface area contributed by atoms with Crippen molar-refractivity contribution in [1.82, 2.24) is 19.8 Å². The molecule has 0 saturated carbocycles. The second kappa shape index (κ2) is 7.38. The Hall–Kier alpha value is -2.82. The Bertz CT molecular complexity index is 853. The fourth-order valence-corrected chi connectivity index (χ4v) is 3.09. The fraction of sp³-hybridized carbons (Fsp3) is 0.300. The third kappa shape index (κ3) is 3.36. The van der Waals surface area contributed by atoms with Crippen LogP contribution < -0.4 is 5.32 Å². The summed E-state index contributed by atoms with van der Waals surface area (Å²) in [7, 11) is 1.99. The van der Waals surface area contributed by atoms with Crippen LogP contribution in [0.4, 0.5) is 4.79 Å². The molecule has 0 aliphatic carbocycles. The molecule has 1 heterocycles. The monoisotopic (exact) mass is 336 g/mol. The molecule has 0 aliphatic heterocycles. The van der Waals surface area contributed by atoms with Gasteiger partial charge in [0.15, 0.2) is 0 Å². The molecule has 0 spiro atoms. The van der Waals surface area contributed by atoms with Crippen LogP contribution in [0.5, 0.6) is 0 Å². The van der Waals surface area contributed by atoms with Gasteiger partial charge >= 0.3 is 6.03 Å². The Morgan fingerprint density at radius 3 is 2.36 bits per heavy atom. The van der Waals surface area contributed by atoms with Gasteiger partial charge in [0.25, 0.3) is 0 Å². The van der Waals surface area contributed by atoms with E-state index >= 15 is 0 Å². The van der Waals surface area contributed by atoms with Crippen molar-refractivity contribution in [1.29, 1.82) is 0 Å². The number of fused-ring (bicyclic) bond motifs is 1. The Morgan fingerprint density at radius 1 is 1.08 bits per heavy atom. The first-order valence-electron chi connectivity index (χ1n) is 8.67. The molecule has 0 unspecified atom stereocenters. The van der Waals surface area contributed by atoms with Crippen LogP contribution in [-0.2, 0) is 7.05 Å². The first-order valence-corrected chi connectivity index (χ1v) is 8.67. The van der Waals surface area contributed by atoms with Gasteiger partial charge in [-0.1, -0.05) is 42.5 Å². The Kier molecular flexibility index (Phi) is 5.03. The van der Waals surface area contributed by atoms with Crippen LogP contribution in [0.1, 0.15) is 31.3 Å². The van der Waals surface area contributed by atoms with Crippen LogP contribution in [0.2, 0.25) is 0 Å². The molecule has 5 nitrogen and oxygen atoms in total. The van der Waals surface area contributed by atoms with Crippen molar-refractivity contribution in [2.24, 2.45) is 7.05 Å². The lowest BCUT2D eigenvalue weighted by atomic mass is 10.1. The maximum atomic E-state index is 12.7. The summed E-state index contributed by atoms with van der Waals surface area (Å²) in [5.74, 6) is 0.827. The molecule has 0 radical (unpaired) electrons. The third-order valence-corrected chi connectivity index (χ3v) is 4.53. The molecule has 1 aromatic heterocycles. The van der Waals surface area contributed by atoms with E-state index in [0.717, 1.165) is 22.4 Å². The number of amides is 2. The van der Waals surface area contributed by atoms with Gasteiger partial charge in [0, 0.05) is 20.1 Å². The molecule has 0 bridgehead atoms. The fourth-order valence-electron chi connectivity index (χ4n) is 3.09. The molecule has 1 atom stereocenters. The maximum Gasteiger partial charge on any atom is 0.318 e. The highest BCUT2D eigenvalue weighted by Gasteiger charge is 2.24. The summed E-state index contributed by atoms with van der Waals surface area (Å²) in [5, 5.41) is 3.16. The number of aromatic nitrogens is 2. The van der Waals surface area contributed by atoms with Crippen molar-refractivity contribution in [3.8, 4) is 0 Å². The molecular formula is C20H24N4O.